The molecule has 5 nitrogen and oxygen atoms in total. The number of benzene rings is 1. The summed E-state index contributed by atoms with van der Waals surface area (Å²) in [5.74, 6) is -0.409. The first kappa shape index (κ1) is 25.3. The quantitative estimate of drug-likeness (QED) is 0.370. The monoisotopic (exact) mass is 484 g/mol. The van der Waals surface area contributed by atoms with Crippen molar-refractivity contribution in [3.63, 3.8) is 0 Å². The van der Waals surface area contributed by atoms with Crippen LogP contribution in [0.15, 0.2) is 36.5 Å². The van der Waals surface area contributed by atoms with Gasteiger partial charge in [-0.15, -0.1) is 0 Å². The number of pyridine rings is 1. The number of hydrogen-bond acceptors (Lipinski definition) is 5. The van der Waals surface area contributed by atoms with Crippen molar-refractivity contribution in [2.45, 2.75) is 59.0 Å². The average Bonchev–Trinajstić information content (AvgIpc) is 3.15. The fourth-order valence-electron chi connectivity index (χ4n) is 4.50. The molecular weight excluding hydrogens is 450 g/mol. The third-order valence-electron chi connectivity index (χ3n) is 6.46. The summed E-state index contributed by atoms with van der Waals surface area (Å²) in [6.45, 7) is 7.38. The fraction of sp³-hybridized carbons (Fsp3) is 0.500. The van der Waals surface area contributed by atoms with Gasteiger partial charge in [0.1, 0.15) is 6.10 Å². The Kier molecular flexibility index (Phi) is 7.85. The number of carbonyl (C=O) groups is 1. The maximum atomic E-state index is 15.4. The van der Waals surface area contributed by atoms with Crippen molar-refractivity contribution in [2.75, 3.05) is 26.3 Å². The Morgan fingerprint density at radius 3 is 2.77 bits per heavy atom. The minimum atomic E-state index is -0.717. The van der Waals surface area contributed by atoms with Crippen molar-refractivity contribution in [2.24, 2.45) is 5.41 Å². The van der Waals surface area contributed by atoms with Crippen molar-refractivity contribution in [1.29, 1.82) is 0 Å². The Labute approximate surface area is 206 Å². The third kappa shape index (κ3) is 6.07. The van der Waals surface area contributed by atoms with E-state index < -0.39 is 17.2 Å². The Morgan fingerprint density at radius 2 is 2.06 bits per heavy atom. The van der Waals surface area contributed by atoms with Crippen LogP contribution in [0.4, 0.5) is 8.78 Å². The van der Waals surface area contributed by atoms with E-state index in [-0.39, 0.29) is 18.5 Å². The van der Waals surface area contributed by atoms with Crippen molar-refractivity contribution in [3.8, 4) is 11.6 Å². The Hall–Kier alpha value is -2.80. The molecule has 188 valence electrons. The Balaban J connectivity index is 1.49. The summed E-state index contributed by atoms with van der Waals surface area (Å²) < 4.78 is 39.3. The maximum absolute atomic E-state index is 15.4. The molecule has 2 aliphatic rings. The lowest BCUT2D eigenvalue weighted by molar-refractivity contribution is -0.143. The summed E-state index contributed by atoms with van der Waals surface area (Å²) in [6, 6.07) is 7.16. The molecule has 0 saturated carbocycles. The standard InChI is InChI=1S/C28H34F2N2O3/c1-28(2,3)27(33)35-24-11-10-22-21(7-4-5-8-23(22)26(24)30)19-9-12-25(31-17-19)34-20-13-16-32(18-20)15-6-14-29/h7,9-12,17,20H,4-6,8,13-16,18H2,1-3H3/t20-/m0/s1. The molecule has 1 aliphatic carbocycles. The largest absolute Gasteiger partial charge is 0.473 e. The van der Waals surface area contributed by atoms with E-state index in [4.69, 9.17) is 9.47 Å². The van der Waals surface area contributed by atoms with E-state index in [9.17, 15) is 9.18 Å². The second-order valence-electron chi connectivity index (χ2n) is 10.3. The van der Waals surface area contributed by atoms with E-state index in [0.29, 0.717) is 24.3 Å². The lowest BCUT2D eigenvalue weighted by Gasteiger charge is -2.19. The topological polar surface area (TPSA) is 51.7 Å². The van der Waals surface area contributed by atoms with Crippen LogP contribution in [0.3, 0.4) is 0 Å². The average molecular weight is 485 g/mol. The highest BCUT2D eigenvalue weighted by Gasteiger charge is 2.27. The normalized spacial score (nSPS) is 18.5. The maximum Gasteiger partial charge on any atom is 0.316 e. The highest BCUT2D eigenvalue weighted by atomic mass is 19.1. The molecule has 1 aromatic carbocycles. The number of ether oxygens (including phenoxy) is 2. The van der Waals surface area contributed by atoms with E-state index in [0.717, 1.165) is 55.6 Å². The van der Waals surface area contributed by atoms with Crippen LogP contribution >= 0.6 is 0 Å². The zero-order chi connectivity index (χ0) is 25.0. The SMILES string of the molecule is CC(C)(C)C(=O)Oc1ccc2c(c1F)CCCC=C2c1ccc(O[C@H]2CCN(CCCF)C2)nc1. The van der Waals surface area contributed by atoms with Gasteiger partial charge in [-0.25, -0.2) is 9.37 Å². The van der Waals surface area contributed by atoms with E-state index in [1.807, 2.05) is 18.2 Å². The Bertz CT molecular complexity index is 1080. The number of nitrogens with zero attached hydrogens (tertiary/aromatic N) is 2. The molecule has 4 rings (SSSR count). The van der Waals surface area contributed by atoms with Crippen LogP contribution in [0, 0.1) is 11.2 Å². The number of aromatic nitrogens is 1. The lowest BCUT2D eigenvalue weighted by atomic mass is 9.94. The molecule has 1 atom stereocenters. The van der Waals surface area contributed by atoms with Crippen molar-refractivity contribution in [1.82, 2.24) is 9.88 Å². The van der Waals surface area contributed by atoms with Gasteiger partial charge in [0, 0.05) is 37.5 Å². The van der Waals surface area contributed by atoms with E-state index in [1.165, 1.54) is 6.07 Å². The van der Waals surface area contributed by atoms with Gasteiger partial charge in [-0.1, -0.05) is 12.1 Å². The first-order valence-electron chi connectivity index (χ1n) is 12.4. The number of hydrogen-bond donors (Lipinski definition) is 0. The molecule has 1 fully saturated rings. The first-order valence-corrected chi connectivity index (χ1v) is 12.4. The van der Waals surface area contributed by atoms with Crippen LogP contribution in [0.5, 0.6) is 11.6 Å². The van der Waals surface area contributed by atoms with E-state index in [2.05, 4.69) is 16.0 Å². The highest BCUT2D eigenvalue weighted by Crippen LogP contribution is 2.36. The van der Waals surface area contributed by atoms with Crippen LogP contribution < -0.4 is 9.47 Å². The van der Waals surface area contributed by atoms with Crippen molar-refractivity contribution in [3.05, 3.63) is 59.0 Å². The van der Waals surface area contributed by atoms with E-state index in [1.54, 1.807) is 27.0 Å². The molecule has 0 amide bonds. The number of esters is 1. The summed E-state index contributed by atoms with van der Waals surface area (Å²) in [6.07, 6.45) is 7.56. The molecule has 1 saturated heterocycles. The minimum Gasteiger partial charge on any atom is -0.473 e. The van der Waals surface area contributed by atoms with Gasteiger partial charge in [-0.05, 0) is 81.7 Å². The molecule has 7 heteroatoms. The number of likely N-dealkylation sites (tertiary alicyclic amines) is 1. The molecule has 0 bridgehead atoms. The van der Waals surface area contributed by atoms with Gasteiger partial charge in [0.25, 0.3) is 0 Å². The van der Waals surface area contributed by atoms with Gasteiger partial charge >= 0.3 is 5.97 Å². The fourth-order valence-corrected chi connectivity index (χ4v) is 4.50. The molecule has 0 unspecified atom stereocenters. The summed E-state index contributed by atoms with van der Waals surface area (Å²) in [5, 5.41) is 0. The van der Waals surface area contributed by atoms with Crippen LogP contribution in [-0.2, 0) is 11.2 Å². The van der Waals surface area contributed by atoms with Gasteiger partial charge < -0.3 is 9.47 Å². The number of fused-ring (bicyclic) bond motifs is 1. The number of allylic oxidation sites excluding steroid dienone is 1. The zero-order valence-electron chi connectivity index (χ0n) is 20.8. The van der Waals surface area contributed by atoms with Gasteiger partial charge in [0.05, 0.1) is 12.1 Å². The predicted molar refractivity (Wildman–Crippen MR) is 132 cm³/mol. The molecule has 0 radical (unpaired) electrons. The second kappa shape index (κ2) is 10.9. The second-order valence-corrected chi connectivity index (χ2v) is 10.3. The third-order valence-corrected chi connectivity index (χ3v) is 6.46. The number of carbonyl (C=O) groups excluding carboxylic acids is 1. The lowest BCUT2D eigenvalue weighted by Crippen LogP contribution is -2.26. The molecule has 35 heavy (non-hydrogen) atoms. The summed E-state index contributed by atoms with van der Waals surface area (Å²) in [7, 11) is 0. The van der Waals surface area contributed by atoms with Crippen molar-refractivity contribution < 1.29 is 23.0 Å². The minimum absolute atomic E-state index is 0.0241. The van der Waals surface area contributed by atoms with Crippen LogP contribution in [0.25, 0.3) is 5.57 Å². The summed E-state index contributed by atoms with van der Waals surface area (Å²) in [5.41, 5.74) is 2.45. The molecule has 0 spiro atoms. The molecule has 2 aromatic rings. The van der Waals surface area contributed by atoms with Crippen LogP contribution in [-0.4, -0.2) is 48.3 Å². The number of rotatable bonds is 7. The number of alkyl halides is 1. The van der Waals surface area contributed by atoms with Gasteiger partial charge in [-0.3, -0.25) is 14.1 Å². The summed E-state index contributed by atoms with van der Waals surface area (Å²) >= 11 is 0. The molecular formula is C28H34F2N2O3. The van der Waals surface area contributed by atoms with Crippen LogP contribution in [0.2, 0.25) is 0 Å². The first-order chi connectivity index (χ1) is 16.8. The smallest absolute Gasteiger partial charge is 0.316 e. The number of halogens is 2. The van der Waals surface area contributed by atoms with Gasteiger partial charge in [0.15, 0.2) is 11.6 Å². The van der Waals surface area contributed by atoms with E-state index >= 15 is 4.39 Å². The zero-order valence-corrected chi connectivity index (χ0v) is 20.8. The summed E-state index contributed by atoms with van der Waals surface area (Å²) in [4.78, 5) is 19.0. The van der Waals surface area contributed by atoms with Gasteiger partial charge in [0.2, 0.25) is 5.88 Å². The Morgan fingerprint density at radius 1 is 1.23 bits per heavy atom. The van der Waals surface area contributed by atoms with Gasteiger partial charge in [-0.2, -0.15) is 0 Å². The predicted octanol–water partition coefficient (Wildman–Crippen LogP) is 5.75. The molecule has 1 aliphatic heterocycles. The van der Waals surface area contributed by atoms with Crippen LogP contribution in [0.1, 0.15) is 63.1 Å². The molecule has 0 N–H and O–H groups in total. The van der Waals surface area contributed by atoms with Crippen molar-refractivity contribution >= 4 is 11.5 Å². The molecule has 1 aromatic heterocycles. The molecule has 2 heterocycles. The highest BCUT2D eigenvalue weighted by molar-refractivity contribution is 5.83.